The minimum atomic E-state index is -0.370. The zero-order chi connectivity index (χ0) is 24.4. The lowest BCUT2D eigenvalue weighted by atomic mass is 9.47. The molecule has 6 rings (SSSR count). The lowest BCUT2D eigenvalue weighted by molar-refractivity contribution is -0.384. The fraction of sp³-hybridized carbons (Fsp3) is 0.690. The van der Waals surface area contributed by atoms with Gasteiger partial charge in [-0.1, -0.05) is 25.5 Å². The van der Waals surface area contributed by atoms with Crippen LogP contribution in [0.5, 0.6) is 0 Å². The number of fused-ring (bicyclic) bond motifs is 5. The van der Waals surface area contributed by atoms with Crippen LogP contribution >= 0.6 is 0 Å². The minimum absolute atomic E-state index is 0.0930. The molecule has 0 spiro atoms. The average molecular weight is 479 g/mol. The monoisotopic (exact) mass is 478 g/mol. The van der Waals surface area contributed by atoms with E-state index in [0.29, 0.717) is 23.8 Å². The molecule has 1 heterocycles. The highest BCUT2D eigenvalue weighted by Crippen LogP contribution is 2.67. The number of rotatable bonds is 3. The van der Waals surface area contributed by atoms with Gasteiger partial charge >= 0.3 is 0 Å². The molecule has 3 saturated carbocycles. The first-order valence-corrected chi connectivity index (χ1v) is 13.6. The molecule has 0 aromatic heterocycles. The fourth-order valence-electron chi connectivity index (χ4n) is 9.02. The highest BCUT2D eigenvalue weighted by atomic mass is 16.6. The van der Waals surface area contributed by atoms with Crippen LogP contribution in [0.2, 0.25) is 0 Å². The van der Waals surface area contributed by atoms with E-state index in [9.17, 15) is 15.2 Å². The van der Waals surface area contributed by atoms with Crippen molar-refractivity contribution in [1.82, 2.24) is 0 Å². The van der Waals surface area contributed by atoms with Crippen molar-refractivity contribution in [3.8, 4) is 0 Å². The smallest absolute Gasteiger partial charge is 0.269 e. The zero-order valence-electron chi connectivity index (χ0n) is 21.0. The van der Waals surface area contributed by atoms with Crippen LogP contribution in [0.3, 0.4) is 0 Å². The van der Waals surface area contributed by atoms with Crippen LogP contribution in [-0.4, -0.2) is 34.7 Å². The van der Waals surface area contributed by atoms with Gasteiger partial charge in [0.1, 0.15) is 0 Å². The molecule has 3 fully saturated rings. The number of benzene rings is 1. The van der Waals surface area contributed by atoms with Gasteiger partial charge in [-0.2, -0.15) is 0 Å². The highest BCUT2D eigenvalue weighted by Gasteiger charge is 2.59. The van der Waals surface area contributed by atoms with Crippen LogP contribution < -0.4 is 0 Å². The van der Waals surface area contributed by atoms with E-state index in [1.807, 2.05) is 0 Å². The molecule has 1 aliphatic heterocycles. The first kappa shape index (κ1) is 23.2. The standard InChI is InChI=1S/C29H38N2O4/c1-28-14-11-21(32)17-19(28)5-8-22-23-9-10-25(29(23,2)15-12-24(22)28)26-13-16-35-27(30-26)18-3-6-20(7-4-18)31(33)34/h3-7,21-26,32H,8-17H2,1-2H3/t21-,22-,23-,24-,25+,26?,28-,29-/m0/s1. The number of allylic oxidation sites excluding steroid dienone is 1. The van der Waals surface area contributed by atoms with E-state index in [0.717, 1.165) is 49.0 Å². The fourth-order valence-corrected chi connectivity index (χ4v) is 9.02. The third kappa shape index (κ3) is 3.66. The van der Waals surface area contributed by atoms with E-state index in [1.165, 1.54) is 49.8 Å². The Hall–Kier alpha value is -2.21. The second-order valence-electron chi connectivity index (χ2n) is 12.3. The van der Waals surface area contributed by atoms with Crippen molar-refractivity contribution < 1.29 is 14.8 Å². The van der Waals surface area contributed by atoms with E-state index in [4.69, 9.17) is 9.73 Å². The maximum atomic E-state index is 11.0. The molecule has 0 amide bonds. The van der Waals surface area contributed by atoms with Crippen LogP contribution in [0.25, 0.3) is 0 Å². The quantitative estimate of drug-likeness (QED) is 0.325. The Bertz CT molecular complexity index is 1060. The number of nitrogens with zero attached hydrogens (tertiary/aromatic N) is 2. The Morgan fingerprint density at radius 3 is 2.57 bits per heavy atom. The van der Waals surface area contributed by atoms with Crippen LogP contribution in [0, 0.1) is 44.6 Å². The molecule has 0 saturated heterocycles. The van der Waals surface area contributed by atoms with Gasteiger partial charge in [-0.3, -0.25) is 10.1 Å². The number of nitro benzene ring substituents is 1. The Morgan fingerprint density at radius 1 is 1.03 bits per heavy atom. The van der Waals surface area contributed by atoms with Crippen molar-refractivity contribution in [2.45, 2.75) is 83.8 Å². The van der Waals surface area contributed by atoms with E-state index in [2.05, 4.69) is 19.9 Å². The van der Waals surface area contributed by atoms with Gasteiger partial charge in [0, 0.05) is 24.1 Å². The lowest BCUT2D eigenvalue weighted by Gasteiger charge is -2.58. The Balaban J connectivity index is 1.24. The van der Waals surface area contributed by atoms with Crippen LogP contribution in [-0.2, 0) is 4.74 Å². The topological polar surface area (TPSA) is 85.0 Å². The van der Waals surface area contributed by atoms with E-state index >= 15 is 0 Å². The van der Waals surface area contributed by atoms with Crippen molar-refractivity contribution in [2.24, 2.45) is 39.5 Å². The molecule has 6 nitrogen and oxygen atoms in total. The zero-order valence-corrected chi connectivity index (χ0v) is 21.0. The number of hydrogen-bond donors (Lipinski definition) is 1. The van der Waals surface area contributed by atoms with Crippen LogP contribution in [0.4, 0.5) is 5.69 Å². The van der Waals surface area contributed by atoms with Gasteiger partial charge in [0.15, 0.2) is 0 Å². The molecule has 5 aliphatic rings. The average Bonchev–Trinajstić information content (AvgIpc) is 3.22. The number of aliphatic imine (C=N–C) groups is 1. The maximum Gasteiger partial charge on any atom is 0.269 e. The molecule has 0 radical (unpaired) electrons. The molecular weight excluding hydrogens is 440 g/mol. The first-order valence-electron chi connectivity index (χ1n) is 13.6. The third-order valence-corrected chi connectivity index (χ3v) is 10.9. The first-order chi connectivity index (χ1) is 16.8. The molecule has 1 aromatic carbocycles. The SMILES string of the molecule is C[C@]12CC[C@H]3[C@@H](CC=C4C[C@@H](O)CC[C@@]43C)[C@@H]1CC[C@@H]2C1CCOC(c2ccc([N+](=O)[O-])cc2)=N1. The second-order valence-corrected chi connectivity index (χ2v) is 12.3. The summed E-state index contributed by atoms with van der Waals surface area (Å²) in [5.74, 6) is 3.46. The second kappa shape index (κ2) is 8.43. The maximum absolute atomic E-state index is 11.0. The molecule has 1 N–H and O–H groups in total. The Labute approximate surface area is 208 Å². The summed E-state index contributed by atoms with van der Waals surface area (Å²) in [6.07, 6.45) is 12.6. The van der Waals surface area contributed by atoms with Gasteiger partial charge in [-0.05, 0) is 98.0 Å². The van der Waals surface area contributed by atoms with Crippen molar-refractivity contribution in [2.75, 3.05) is 6.61 Å². The van der Waals surface area contributed by atoms with Crippen LogP contribution in [0.15, 0.2) is 40.9 Å². The van der Waals surface area contributed by atoms with E-state index in [1.54, 1.807) is 12.1 Å². The molecule has 35 heavy (non-hydrogen) atoms. The molecule has 0 bridgehead atoms. The van der Waals surface area contributed by atoms with E-state index < -0.39 is 0 Å². The molecule has 4 aliphatic carbocycles. The highest BCUT2D eigenvalue weighted by molar-refractivity contribution is 5.94. The minimum Gasteiger partial charge on any atom is -0.477 e. The molecule has 188 valence electrons. The summed E-state index contributed by atoms with van der Waals surface area (Å²) in [6, 6.07) is 6.86. The number of non-ortho nitro benzene ring substituents is 1. The third-order valence-electron chi connectivity index (χ3n) is 10.9. The number of nitro groups is 1. The van der Waals surface area contributed by atoms with Gasteiger partial charge in [-0.15, -0.1) is 0 Å². The molecule has 1 aromatic rings. The molecule has 6 heteroatoms. The number of hydrogen-bond acceptors (Lipinski definition) is 5. The van der Waals surface area contributed by atoms with Gasteiger partial charge in [0.25, 0.3) is 5.69 Å². The van der Waals surface area contributed by atoms with Crippen LogP contribution in [0.1, 0.15) is 77.2 Å². The summed E-state index contributed by atoms with van der Waals surface area (Å²) in [5, 5.41) is 21.3. The van der Waals surface area contributed by atoms with Crippen molar-refractivity contribution in [1.29, 1.82) is 0 Å². The van der Waals surface area contributed by atoms with Gasteiger partial charge in [-0.25, -0.2) is 4.99 Å². The summed E-state index contributed by atoms with van der Waals surface area (Å²) in [5.41, 5.74) is 3.05. The van der Waals surface area contributed by atoms with E-state index in [-0.39, 0.29) is 28.2 Å². The van der Waals surface area contributed by atoms with Gasteiger partial charge in [0.2, 0.25) is 5.90 Å². The molecular formula is C29H38N2O4. The number of aliphatic hydroxyl groups is 1. The summed E-state index contributed by atoms with van der Waals surface area (Å²) >= 11 is 0. The van der Waals surface area contributed by atoms with Gasteiger partial charge in [0.05, 0.1) is 23.7 Å². The number of ether oxygens (including phenoxy) is 1. The Kier molecular flexibility index (Phi) is 5.59. The predicted octanol–water partition coefficient (Wildman–Crippen LogP) is 6.07. The van der Waals surface area contributed by atoms with Crippen molar-refractivity contribution in [3.05, 3.63) is 51.6 Å². The molecule has 8 atom stereocenters. The Morgan fingerprint density at radius 2 is 1.80 bits per heavy atom. The number of aliphatic hydroxyl groups excluding tert-OH is 1. The predicted molar refractivity (Wildman–Crippen MR) is 135 cm³/mol. The molecule has 1 unspecified atom stereocenters. The van der Waals surface area contributed by atoms with Crippen molar-refractivity contribution in [3.63, 3.8) is 0 Å². The summed E-state index contributed by atoms with van der Waals surface area (Å²) in [7, 11) is 0. The van der Waals surface area contributed by atoms with Gasteiger partial charge < -0.3 is 9.84 Å². The summed E-state index contributed by atoms with van der Waals surface area (Å²) in [6.45, 7) is 5.71. The lowest BCUT2D eigenvalue weighted by Crippen LogP contribution is -2.51. The van der Waals surface area contributed by atoms with Crippen molar-refractivity contribution >= 4 is 11.6 Å². The summed E-state index contributed by atoms with van der Waals surface area (Å²) in [4.78, 5) is 15.8. The normalized spacial score (nSPS) is 42.6. The summed E-state index contributed by atoms with van der Waals surface area (Å²) < 4.78 is 5.94. The largest absolute Gasteiger partial charge is 0.477 e.